The minimum atomic E-state index is -1.05. The fourth-order valence-corrected chi connectivity index (χ4v) is 1.79. The predicted octanol–water partition coefficient (Wildman–Crippen LogP) is 0.165. The third-order valence-corrected chi connectivity index (χ3v) is 2.64. The Morgan fingerprint density at radius 2 is 1.40 bits per heavy atom. The van der Waals surface area contributed by atoms with Crippen LogP contribution < -0.4 is 0 Å². The smallest absolute Gasteiger partial charge is 0.308 e. The van der Waals surface area contributed by atoms with E-state index < -0.39 is 23.8 Å². The number of halogens is 1. The van der Waals surface area contributed by atoms with Gasteiger partial charge in [0, 0.05) is 4.83 Å². The van der Waals surface area contributed by atoms with Gasteiger partial charge in [0.1, 0.15) is 0 Å². The van der Waals surface area contributed by atoms with Gasteiger partial charge in [0.2, 0.25) is 0 Å². The Labute approximate surface area is 65.0 Å². The van der Waals surface area contributed by atoms with E-state index in [2.05, 4.69) is 15.9 Å². The standard InChI is InChI=1S/C5H5BrO4/c6-3-1(4(7)8)2(3)5(9)10/h1-3H,(H,7,8)(H,9,10). The van der Waals surface area contributed by atoms with E-state index in [1.807, 2.05) is 0 Å². The van der Waals surface area contributed by atoms with Crippen LogP contribution in [0.15, 0.2) is 0 Å². The van der Waals surface area contributed by atoms with E-state index >= 15 is 0 Å². The summed E-state index contributed by atoms with van der Waals surface area (Å²) in [7, 11) is 0. The van der Waals surface area contributed by atoms with Crippen LogP contribution in [-0.4, -0.2) is 27.0 Å². The second-order valence-corrected chi connectivity index (χ2v) is 3.23. The average Bonchev–Trinajstić information content (AvgIpc) is 2.40. The Morgan fingerprint density at radius 3 is 1.50 bits per heavy atom. The normalized spacial score (nSPS) is 37.1. The molecule has 0 spiro atoms. The molecule has 0 bridgehead atoms. The minimum Gasteiger partial charge on any atom is -0.481 e. The van der Waals surface area contributed by atoms with Crippen LogP contribution in [0.4, 0.5) is 0 Å². The molecule has 2 atom stereocenters. The molecular weight excluding hydrogens is 204 g/mol. The highest BCUT2D eigenvalue weighted by atomic mass is 79.9. The summed E-state index contributed by atoms with van der Waals surface area (Å²) in [4.78, 5) is 20.0. The van der Waals surface area contributed by atoms with E-state index in [0.29, 0.717) is 0 Å². The topological polar surface area (TPSA) is 74.6 Å². The first-order chi connectivity index (χ1) is 4.55. The number of aliphatic carboxylic acids is 2. The number of alkyl halides is 1. The first-order valence-electron chi connectivity index (χ1n) is 2.65. The van der Waals surface area contributed by atoms with Crippen LogP contribution in [0.3, 0.4) is 0 Å². The van der Waals surface area contributed by atoms with Crippen molar-refractivity contribution < 1.29 is 19.8 Å². The van der Waals surface area contributed by atoms with Gasteiger partial charge in [-0.05, 0) is 0 Å². The molecule has 0 aromatic heterocycles. The van der Waals surface area contributed by atoms with Gasteiger partial charge in [-0.1, -0.05) is 15.9 Å². The third-order valence-electron chi connectivity index (χ3n) is 1.50. The maximum atomic E-state index is 10.2. The summed E-state index contributed by atoms with van der Waals surface area (Å²) < 4.78 is 0. The van der Waals surface area contributed by atoms with Crippen LogP contribution in [0.1, 0.15) is 0 Å². The molecule has 2 N–H and O–H groups in total. The summed E-state index contributed by atoms with van der Waals surface area (Å²) in [6, 6.07) is 0. The molecule has 0 aromatic carbocycles. The highest BCUT2D eigenvalue weighted by molar-refractivity contribution is 9.09. The molecule has 1 fully saturated rings. The zero-order valence-electron chi connectivity index (χ0n) is 4.82. The van der Waals surface area contributed by atoms with Crippen molar-refractivity contribution in [1.82, 2.24) is 0 Å². The van der Waals surface area contributed by atoms with Crippen molar-refractivity contribution in [1.29, 1.82) is 0 Å². The van der Waals surface area contributed by atoms with E-state index in [4.69, 9.17) is 10.2 Å². The average molecular weight is 209 g/mol. The Morgan fingerprint density at radius 1 is 1.10 bits per heavy atom. The van der Waals surface area contributed by atoms with E-state index in [0.717, 1.165) is 0 Å². The van der Waals surface area contributed by atoms with E-state index in [1.165, 1.54) is 0 Å². The number of carbonyl (C=O) groups is 2. The van der Waals surface area contributed by atoms with Gasteiger partial charge in [-0.2, -0.15) is 0 Å². The maximum absolute atomic E-state index is 10.2. The van der Waals surface area contributed by atoms with Crippen LogP contribution in [0.5, 0.6) is 0 Å². The zero-order valence-corrected chi connectivity index (χ0v) is 6.41. The van der Waals surface area contributed by atoms with E-state index in [1.54, 1.807) is 0 Å². The SMILES string of the molecule is O=C(O)C1C(Br)C1C(=O)O. The van der Waals surface area contributed by atoms with Gasteiger partial charge < -0.3 is 10.2 Å². The second kappa shape index (κ2) is 2.23. The van der Waals surface area contributed by atoms with Gasteiger partial charge >= 0.3 is 11.9 Å². The van der Waals surface area contributed by atoms with Gasteiger partial charge in [0.25, 0.3) is 0 Å². The number of hydrogen-bond donors (Lipinski definition) is 2. The van der Waals surface area contributed by atoms with Gasteiger partial charge in [-0.25, -0.2) is 0 Å². The fourth-order valence-electron chi connectivity index (χ4n) is 0.854. The molecule has 56 valence electrons. The molecule has 0 aromatic rings. The number of hydrogen-bond acceptors (Lipinski definition) is 2. The first kappa shape index (κ1) is 7.53. The number of carboxylic acids is 2. The van der Waals surface area contributed by atoms with Crippen molar-refractivity contribution >= 4 is 27.9 Å². The molecule has 0 aliphatic heterocycles. The molecule has 0 radical (unpaired) electrons. The van der Waals surface area contributed by atoms with E-state index in [9.17, 15) is 9.59 Å². The Hall–Kier alpha value is -0.580. The fraction of sp³-hybridized carbons (Fsp3) is 0.600. The summed E-state index contributed by atoms with van der Waals surface area (Å²) in [5.41, 5.74) is 0. The molecule has 0 saturated heterocycles. The Balaban J connectivity index is 2.57. The van der Waals surface area contributed by atoms with Crippen molar-refractivity contribution in [3.05, 3.63) is 0 Å². The Bertz CT molecular complexity index is 170. The molecule has 1 aliphatic rings. The van der Waals surface area contributed by atoms with Gasteiger partial charge in [0.15, 0.2) is 0 Å². The summed E-state index contributed by atoms with van der Waals surface area (Å²) in [5, 5.41) is 16.7. The van der Waals surface area contributed by atoms with Crippen molar-refractivity contribution in [2.24, 2.45) is 11.8 Å². The van der Waals surface area contributed by atoms with E-state index in [-0.39, 0.29) is 4.83 Å². The highest BCUT2D eigenvalue weighted by Crippen LogP contribution is 2.45. The molecule has 0 amide bonds. The van der Waals surface area contributed by atoms with Gasteiger partial charge in [-0.3, -0.25) is 9.59 Å². The lowest BCUT2D eigenvalue weighted by Crippen LogP contribution is -2.05. The zero-order chi connectivity index (χ0) is 7.89. The number of carboxylic acid groups (broad SMARTS) is 2. The van der Waals surface area contributed by atoms with Crippen molar-refractivity contribution in [2.75, 3.05) is 0 Å². The number of rotatable bonds is 2. The van der Waals surface area contributed by atoms with Gasteiger partial charge in [-0.15, -0.1) is 0 Å². The summed E-state index contributed by atoms with van der Waals surface area (Å²) in [6.45, 7) is 0. The van der Waals surface area contributed by atoms with Crippen molar-refractivity contribution in [3.8, 4) is 0 Å². The molecule has 10 heavy (non-hydrogen) atoms. The summed E-state index contributed by atoms with van der Waals surface area (Å²) >= 11 is 2.95. The van der Waals surface area contributed by atoms with Crippen molar-refractivity contribution in [2.45, 2.75) is 4.83 Å². The molecule has 1 rings (SSSR count). The maximum Gasteiger partial charge on any atom is 0.308 e. The largest absolute Gasteiger partial charge is 0.481 e. The third kappa shape index (κ3) is 1.01. The predicted molar refractivity (Wildman–Crippen MR) is 35.0 cm³/mol. The highest BCUT2D eigenvalue weighted by Gasteiger charge is 2.58. The monoisotopic (exact) mass is 208 g/mol. The first-order valence-corrected chi connectivity index (χ1v) is 3.57. The quantitative estimate of drug-likeness (QED) is 0.635. The Kier molecular flexibility index (Phi) is 1.68. The molecule has 1 aliphatic carbocycles. The van der Waals surface area contributed by atoms with Crippen LogP contribution in [0.2, 0.25) is 0 Å². The van der Waals surface area contributed by atoms with Crippen LogP contribution in [0.25, 0.3) is 0 Å². The molecule has 1 saturated carbocycles. The minimum absolute atomic E-state index is 0.387. The van der Waals surface area contributed by atoms with Gasteiger partial charge in [0.05, 0.1) is 11.8 Å². The summed E-state index contributed by atoms with van der Waals surface area (Å²) in [6.07, 6.45) is 0. The second-order valence-electron chi connectivity index (χ2n) is 2.17. The van der Waals surface area contributed by atoms with Crippen LogP contribution >= 0.6 is 15.9 Å². The lowest BCUT2D eigenvalue weighted by molar-refractivity contribution is -0.144. The lowest BCUT2D eigenvalue weighted by Gasteiger charge is -1.83. The van der Waals surface area contributed by atoms with Crippen molar-refractivity contribution in [3.63, 3.8) is 0 Å². The molecule has 4 nitrogen and oxygen atoms in total. The molecular formula is C5H5BrO4. The molecule has 5 heteroatoms. The lowest BCUT2D eigenvalue weighted by atomic mass is 10.3. The molecule has 2 unspecified atom stereocenters. The van der Waals surface area contributed by atoms with Crippen LogP contribution in [0, 0.1) is 11.8 Å². The summed E-state index contributed by atoms with van der Waals surface area (Å²) in [5.74, 6) is -3.57. The molecule has 0 heterocycles. The van der Waals surface area contributed by atoms with Crippen LogP contribution in [-0.2, 0) is 9.59 Å².